The van der Waals surface area contributed by atoms with Crippen molar-refractivity contribution in [2.24, 2.45) is 0 Å². The fraction of sp³-hybridized carbons (Fsp3) is 0.500. The SMILES string of the molecule is CC(C)Nc1ccccc1S(=O)(=O)C(C)C. The Labute approximate surface area is 97.8 Å². The molecule has 1 aromatic rings. The molecule has 0 aliphatic carbocycles. The van der Waals surface area contributed by atoms with E-state index in [4.69, 9.17) is 0 Å². The number of benzene rings is 1. The Morgan fingerprint density at radius 1 is 1.06 bits per heavy atom. The second-order valence-electron chi connectivity index (χ2n) is 4.39. The third kappa shape index (κ3) is 2.76. The molecule has 0 unspecified atom stereocenters. The van der Waals surface area contributed by atoms with Crippen LogP contribution in [0.1, 0.15) is 27.7 Å². The molecule has 0 aliphatic heterocycles. The number of hydrogen-bond acceptors (Lipinski definition) is 3. The lowest BCUT2D eigenvalue weighted by atomic mass is 10.3. The Morgan fingerprint density at radius 2 is 1.62 bits per heavy atom. The molecule has 1 N–H and O–H groups in total. The van der Waals surface area contributed by atoms with Gasteiger partial charge < -0.3 is 5.32 Å². The first-order valence-electron chi connectivity index (χ1n) is 5.45. The van der Waals surface area contributed by atoms with Gasteiger partial charge in [0.15, 0.2) is 9.84 Å². The van der Waals surface area contributed by atoms with Crippen LogP contribution in [0.15, 0.2) is 29.2 Å². The molecule has 0 radical (unpaired) electrons. The quantitative estimate of drug-likeness (QED) is 0.881. The molecular formula is C12H19NO2S. The van der Waals surface area contributed by atoms with Gasteiger partial charge in [-0.15, -0.1) is 0 Å². The lowest BCUT2D eigenvalue weighted by Crippen LogP contribution is -2.18. The third-order valence-corrected chi connectivity index (χ3v) is 4.47. The number of para-hydroxylation sites is 1. The molecule has 0 bridgehead atoms. The van der Waals surface area contributed by atoms with E-state index in [9.17, 15) is 8.42 Å². The zero-order chi connectivity index (χ0) is 12.3. The van der Waals surface area contributed by atoms with Crippen LogP contribution in [-0.4, -0.2) is 19.7 Å². The number of hydrogen-bond donors (Lipinski definition) is 1. The van der Waals surface area contributed by atoms with E-state index in [1.54, 1.807) is 32.0 Å². The van der Waals surface area contributed by atoms with E-state index in [2.05, 4.69) is 5.32 Å². The largest absolute Gasteiger partial charge is 0.382 e. The van der Waals surface area contributed by atoms with Gasteiger partial charge in [0.1, 0.15) is 0 Å². The summed E-state index contributed by atoms with van der Waals surface area (Å²) in [4.78, 5) is 0.388. The van der Waals surface area contributed by atoms with E-state index < -0.39 is 15.1 Å². The number of nitrogens with one attached hydrogen (secondary N) is 1. The highest BCUT2D eigenvalue weighted by atomic mass is 32.2. The van der Waals surface area contributed by atoms with Crippen molar-refractivity contribution in [3.05, 3.63) is 24.3 Å². The summed E-state index contributed by atoms with van der Waals surface area (Å²) in [5.74, 6) is 0. The Morgan fingerprint density at radius 3 is 2.12 bits per heavy atom. The maximum atomic E-state index is 12.1. The van der Waals surface area contributed by atoms with Crippen molar-refractivity contribution in [3.8, 4) is 0 Å². The van der Waals surface area contributed by atoms with E-state index in [1.165, 1.54) is 0 Å². The maximum absolute atomic E-state index is 12.1. The molecule has 0 heterocycles. The van der Waals surface area contributed by atoms with Gasteiger partial charge in [-0.1, -0.05) is 12.1 Å². The lowest BCUT2D eigenvalue weighted by molar-refractivity contribution is 0.587. The van der Waals surface area contributed by atoms with Crippen LogP contribution < -0.4 is 5.32 Å². The zero-order valence-corrected chi connectivity index (χ0v) is 11.0. The van der Waals surface area contributed by atoms with Gasteiger partial charge in [0.05, 0.1) is 15.8 Å². The Kier molecular flexibility index (Phi) is 3.97. The number of anilines is 1. The first-order chi connectivity index (χ1) is 7.35. The first kappa shape index (κ1) is 13.0. The average Bonchev–Trinajstić information content (AvgIpc) is 2.17. The molecule has 0 atom stereocenters. The third-order valence-electron chi connectivity index (χ3n) is 2.26. The van der Waals surface area contributed by atoms with Crippen LogP contribution in [0.4, 0.5) is 5.69 Å². The van der Waals surface area contributed by atoms with E-state index >= 15 is 0 Å². The van der Waals surface area contributed by atoms with Crippen LogP contribution in [-0.2, 0) is 9.84 Å². The summed E-state index contributed by atoms with van der Waals surface area (Å²) >= 11 is 0. The summed E-state index contributed by atoms with van der Waals surface area (Å²) in [7, 11) is -3.22. The van der Waals surface area contributed by atoms with Crippen molar-refractivity contribution in [3.63, 3.8) is 0 Å². The Bertz CT molecular complexity index is 450. The molecule has 0 aliphatic rings. The van der Waals surface area contributed by atoms with Crippen LogP contribution in [0.2, 0.25) is 0 Å². The monoisotopic (exact) mass is 241 g/mol. The van der Waals surface area contributed by atoms with Crippen molar-refractivity contribution in [2.45, 2.75) is 43.9 Å². The van der Waals surface area contributed by atoms with Crippen LogP contribution in [0.25, 0.3) is 0 Å². The van der Waals surface area contributed by atoms with Crippen molar-refractivity contribution >= 4 is 15.5 Å². The first-order valence-corrected chi connectivity index (χ1v) is 6.99. The van der Waals surface area contributed by atoms with Crippen molar-refractivity contribution < 1.29 is 8.42 Å². The standard InChI is InChI=1S/C12H19NO2S/c1-9(2)13-11-7-5-6-8-12(11)16(14,15)10(3)4/h5-10,13H,1-4H3. The second-order valence-corrected chi connectivity index (χ2v) is 6.86. The summed E-state index contributed by atoms with van der Waals surface area (Å²) in [5, 5.41) is 2.75. The minimum atomic E-state index is -3.22. The van der Waals surface area contributed by atoms with Gasteiger partial charge in [0.2, 0.25) is 0 Å². The van der Waals surface area contributed by atoms with Crippen LogP contribution >= 0.6 is 0 Å². The minimum Gasteiger partial charge on any atom is -0.382 e. The van der Waals surface area contributed by atoms with E-state index in [0.717, 1.165) is 0 Å². The van der Waals surface area contributed by atoms with Crippen LogP contribution in [0.3, 0.4) is 0 Å². The molecule has 3 nitrogen and oxygen atoms in total. The van der Waals surface area contributed by atoms with Gasteiger partial charge in [-0.25, -0.2) is 8.42 Å². The molecule has 1 rings (SSSR count). The van der Waals surface area contributed by atoms with Crippen molar-refractivity contribution in [1.29, 1.82) is 0 Å². The topological polar surface area (TPSA) is 46.2 Å². The molecule has 1 aromatic carbocycles. The van der Waals surface area contributed by atoms with Crippen molar-refractivity contribution in [1.82, 2.24) is 0 Å². The molecule has 4 heteroatoms. The molecule has 0 spiro atoms. The van der Waals surface area contributed by atoms with Crippen LogP contribution in [0, 0.1) is 0 Å². The zero-order valence-electron chi connectivity index (χ0n) is 10.2. The van der Waals surface area contributed by atoms with Gasteiger partial charge in [-0.2, -0.15) is 0 Å². The van der Waals surface area contributed by atoms with E-state index in [1.807, 2.05) is 19.9 Å². The summed E-state index contributed by atoms with van der Waals surface area (Å²) in [6.45, 7) is 7.36. The number of rotatable bonds is 4. The van der Waals surface area contributed by atoms with Gasteiger partial charge >= 0.3 is 0 Å². The molecule has 0 saturated heterocycles. The normalized spacial score (nSPS) is 12.1. The molecule has 0 amide bonds. The number of sulfone groups is 1. The summed E-state index contributed by atoms with van der Waals surface area (Å²) < 4.78 is 24.2. The maximum Gasteiger partial charge on any atom is 0.182 e. The highest BCUT2D eigenvalue weighted by Gasteiger charge is 2.22. The predicted molar refractivity (Wildman–Crippen MR) is 67.5 cm³/mol. The summed E-state index contributed by atoms with van der Waals surface area (Å²) in [6, 6.07) is 7.25. The minimum absolute atomic E-state index is 0.212. The Balaban J connectivity index is 3.24. The van der Waals surface area contributed by atoms with Crippen molar-refractivity contribution in [2.75, 3.05) is 5.32 Å². The molecular weight excluding hydrogens is 222 g/mol. The molecule has 0 aromatic heterocycles. The molecule has 0 saturated carbocycles. The summed E-state index contributed by atoms with van der Waals surface area (Å²) in [6.07, 6.45) is 0. The van der Waals surface area contributed by atoms with Gasteiger partial charge in [-0.05, 0) is 39.8 Å². The fourth-order valence-electron chi connectivity index (χ4n) is 1.40. The molecule has 16 heavy (non-hydrogen) atoms. The van der Waals surface area contributed by atoms with Gasteiger partial charge in [-0.3, -0.25) is 0 Å². The highest BCUT2D eigenvalue weighted by Crippen LogP contribution is 2.25. The predicted octanol–water partition coefficient (Wildman–Crippen LogP) is 2.69. The average molecular weight is 241 g/mol. The molecule has 90 valence electrons. The van der Waals surface area contributed by atoms with E-state index in [-0.39, 0.29) is 6.04 Å². The fourth-order valence-corrected chi connectivity index (χ4v) is 2.61. The highest BCUT2D eigenvalue weighted by molar-refractivity contribution is 7.92. The summed E-state index contributed by atoms with van der Waals surface area (Å²) in [5.41, 5.74) is 0.686. The smallest absolute Gasteiger partial charge is 0.182 e. The van der Waals surface area contributed by atoms with Gasteiger partial charge in [0.25, 0.3) is 0 Å². The second kappa shape index (κ2) is 4.87. The van der Waals surface area contributed by atoms with Crippen LogP contribution in [0.5, 0.6) is 0 Å². The lowest BCUT2D eigenvalue weighted by Gasteiger charge is -2.16. The Hall–Kier alpha value is -1.03. The molecule has 0 fully saturated rings. The van der Waals surface area contributed by atoms with E-state index in [0.29, 0.717) is 10.6 Å². The van der Waals surface area contributed by atoms with Gasteiger partial charge in [0, 0.05) is 6.04 Å².